The molecule has 0 aliphatic rings. The lowest BCUT2D eigenvalue weighted by Crippen LogP contribution is -2.39. The van der Waals surface area contributed by atoms with Crippen molar-refractivity contribution in [2.75, 3.05) is 36.8 Å². The average Bonchev–Trinajstić information content (AvgIpc) is 3.22. The summed E-state index contributed by atoms with van der Waals surface area (Å²) in [5.74, 6) is 0.929. The predicted octanol–water partition coefficient (Wildman–Crippen LogP) is 6.02. The number of para-hydroxylation sites is 1. The summed E-state index contributed by atoms with van der Waals surface area (Å²) in [6.45, 7) is 12.1. The first-order chi connectivity index (χ1) is 15.0. The van der Waals surface area contributed by atoms with Gasteiger partial charge in [-0.2, -0.15) is 0 Å². The lowest BCUT2D eigenvalue weighted by Gasteiger charge is -2.24. The molecule has 0 spiro atoms. The fourth-order valence-electron chi connectivity index (χ4n) is 3.53. The SMILES string of the molecule is CCc1cccc2sc(N(CCN(CC)CC)C(=O)CCSc3ccc(C)cc3)nc12. The van der Waals surface area contributed by atoms with Crippen molar-refractivity contribution < 1.29 is 4.79 Å². The Bertz CT molecular complexity index is 980. The van der Waals surface area contributed by atoms with Gasteiger partial charge in [-0.05, 0) is 50.2 Å². The number of likely N-dealkylation sites (N-methyl/N-ethyl adjacent to an activating group) is 1. The number of carbonyl (C=O) groups excluding carboxylic acids is 1. The Hall–Kier alpha value is -1.89. The number of nitrogens with zero attached hydrogens (tertiary/aromatic N) is 3. The van der Waals surface area contributed by atoms with E-state index in [1.165, 1.54) is 16.0 Å². The Morgan fingerprint density at radius 2 is 1.77 bits per heavy atom. The van der Waals surface area contributed by atoms with Crippen molar-refractivity contribution in [3.8, 4) is 0 Å². The summed E-state index contributed by atoms with van der Waals surface area (Å²) in [6.07, 6.45) is 1.45. The second kappa shape index (κ2) is 11.7. The standard InChI is InChI=1S/C25H33N3OS2/c1-5-20-9-8-10-22-24(20)26-25(31-22)28(17-16-27(6-2)7-3)23(29)15-18-30-21-13-11-19(4)12-14-21/h8-14H,5-7,15-18H2,1-4H3. The van der Waals surface area contributed by atoms with Gasteiger partial charge in [0, 0.05) is 30.2 Å². The Kier molecular flexibility index (Phi) is 8.93. The predicted molar refractivity (Wildman–Crippen MR) is 136 cm³/mol. The largest absolute Gasteiger partial charge is 0.302 e. The van der Waals surface area contributed by atoms with E-state index in [0.717, 1.165) is 47.2 Å². The van der Waals surface area contributed by atoms with Gasteiger partial charge in [0.2, 0.25) is 5.91 Å². The molecule has 0 fully saturated rings. The monoisotopic (exact) mass is 455 g/mol. The van der Waals surface area contributed by atoms with Crippen LogP contribution in [0.15, 0.2) is 47.4 Å². The number of hydrogen-bond donors (Lipinski definition) is 0. The van der Waals surface area contributed by atoms with Crippen LogP contribution in [-0.2, 0) is 11.2 Å². The van der Waals surface area contributed by atoms with E-state index in [2.05, 4.69) is 75.1 Å². The number of aromatic nitrogens is 1. The lowest BCUT2D eigenvalue weighted by molar-refractivity contribution is -0.118. The molecule has 1 amide bonds. The van der Waals surface area contributed by atoms with Crippen LogP contribution < -0.4 is 4.90 Å². The quantitative estimate of drug-likeness (QED) is 0.331. The van der Waals surface area contributed by atoms with Crippen molar-refractivity contribution in [3.05, 3.63) is 53.6 Å². The molecule has 1 heterocycles. The van der Waals surface area contributed by atoms with Crippen molar-refractivity contribution >= 4 is 44.4 Å². The molecule has 0 N–H and O–H groups in total. The maximum Gasteiger partial charge on any atom is 0.229 e. The zero-order chi connectivity index (χ0) is 22.2. The smallest absolute Gasteiger partial charge is 0.229 e. The third kappa shape index (κ3) is 6.31. The van der Waals surface area contributed by atoms with Crippen LogP contribution in [0.4, 0.5) is 5.13 Å². The van der Waals surface area contributed by atoms with Crippen LogP contribution >= 0.6 is 23.1 Å². The molecule has 0 atom stereocenters. The fourth-order valence-corrected chi connectivity index (χ4v) is 5.43. The number of fused-ring (bicyclic) bond motifs is 1. The van der Waals surface area contributed by atoms with E-state index < -0.39 is 0 Å². The van der Waals surface area contributed by atoms with Gasteiger partial charge in [0.1, 0.15) is 0 Å². The molecule has 1 aromatic heterocycles. The zero-order valence-electron chi connectivity index (χ0n) is 19.1. The van der Waals surface area contributed by atoms with E-state index in [4.69, 9.17) is 4.98 Å². The minimum atomic E-state index is 0.156. The number of thioether (sulfide) groups is 1. The number of carbonyl (C=O) groups is 1. The molecule has 0 saturated carbocycles. The molecule has 166 valence electrons. The van der Waals surface area contributed by atoms with Crippen molar-refractivity contribution in [3.63, 3.8) is 0 Å². The Balaban J connectivity index is 1.75. The van der Waals surface area contributed by atoms with Crippen LogP contribution in [0.1, 0.15) is 38.3 Å². The van der Waals surface area contributed by atoms with Gasteiger partial charge in [-0.1, -0.05) is 61.9 Å². The summed E-state index contributed by atoms with van der Waals surface area (Å²) >= 11 is 3.37. The third-order valence-corrected chi connectivity index (χ3v) is 7.60. The molecule has 3 rings (SSSR count). The van der Waals surface area contributed by atoms with Gasteiger partial charge in [0.05, 0.1) is 10.2 Å². The molecule has 0 aliphatic carbocycles. The second-order valence-corrected chi connectivity index (χ2v) is 9.78. The first kappa shape index (κ1) is 23.8. The van der Waals surface area contributed by atoms with E-state index in [9.17, 15) is 4.79 Å². The molecule has 4 nitrogen and oxygen atoms in total. The summed E-state index contributed by atoms with van der Waals surface area (Å²) in [5.41, 5.74) is 3.54. The first-order valence-electron chi connectivity index (χ1n) is 11.2. The molecule has 31 heavy (non-hydrogen) atoms. The van der Waals surface area contributed by atoms with E-state index >= 15 is 0 Å². The second-order valence-electron chi connectivity index (χ2n) is 7.60. The zero-order valence-corrected chi connectivity index (χ0v) is 20.7. The van der Waals surface area contributed by atoms with Crippen molar-refractivity contribution in [2.24, 2.45) is 0 Å². The molecule has 0 bridgehead atoms. The Morgan fingerprint density at radius 1 is 1.03 bits per heavy atom. The van der Waals surface area contributed by atoms with Crippen LogP contribution in [-0.4, -0.2) is 47.7 Å². The van der Waals surface area contributed by atoms with Gasteiger partial charge in [-0.15, -0.1) is 11.8 Å². The van der Waals surface area contributed by atoms with E-state index in [-0.39, 0.29) is 5.91 Å². The Labute approximate surface area is 194 Å². The number of rotatable bonds is 11. The van der Waals surface area contributed by atoms with E-state index in [0.29, 0.717) is 13.0 Å². The van der Waals surface area contributed by atoms with Gasteiger partial charge in [0.25, 0.3) is 0 Å². The maximum absolute atomic E-state index is 13.3. The first-order valence-corrected chi connectivity index (χ1v) is 13.0. The topological polar surface area (TPSA) is 36.4 Å². The molecular formula is C25H33N3OS2. The third-order valence-electron chi connectivity index (χ3n) is 5.54. The van der Waals surface area contributed by atoms with Crippen molar-refractivity contribution in [1.82, 2.24) is 9.88 Å². The van der Waals surface area contributed by atoms with Gasteiger partial charge < -0.3 is 4.90 Å². The molecular weight excluding hydrogens is 422 g/mol. The van der Waals surface area contributed by atoms with Crippen molar-refractivity contribution in [2.45, 2.75) is 45.4 Å². The number of hydrogen-bond acceptors (Lipinski definition) is 5. The van der Waals surface area contributed by atoms with Gasteiger partial charge in [-0.25, -0.2) is 4.98 Å². The minimum absolute atomic E-state index is 0.156. The molecule has 0 saturated heterocycles. The van der Waals surface area contributed by atoms with E-state index in [1.807, 2.05) is 4.90 Å². The normalized spacial score (nSPS) is 11.4. The number of amides is 1. The summed E-state index contributed by atoms with van der Waals surface area (Å²) in [7, 11) is 0. The fraction of sp³-hybridized carbons (Fsp3) is 0.440. The highest BCUT2D eigenvalue weighted by Crippen LogP contribution is 2.31. The highest BCUT2D eigenvalue weighted by atomic mass is 32.2. The highest BCUT2D eigenvalue weighted by molar-refractivity contribution is 7.99. The number of anilines is 1. The number of aryl methyl sites for hydroxylation is 2. The summed E-state index contributed by atoms with van der Waals surface area (Å²) in [4.78, 5) is 23.7. The van der Waals surface area contributed by atoms with Crippen molar-refractivity contribution in [1.29, 1.82) is 0 Å². The summed E-state index contributed by atoms with van der Waals surface area (Å²) in [6, 6.07) is 14.8. The molecule has 2 aromatic carbocycles. The van der Waals surface area contributed by atoms with Crippen LogP contribution in [0.2, 0.25) is 0 Å². The summed E-state index contributed by atoms with van der Waals surface area (Å²) in [5, 5.41) is 0.827. The van der Waals surface area contributed by atoms with Gasteiger partial charge in [-0.3, -0.25) is 9.69 Å². The maximum atomic E-state index is 13.3. The average molecular weight is 456 g/mol. The van der Waals surface area contributed by atoms with Gasteiger partial charge in [0.15, 0.2) is 5.13 Å². The highest BCUT2D eigenvalue weighted by Gasteiger charge is 2.21. The van der Waals surface area contributed by atoms with E-state index in [1.54, 1.807) is 23.1 Å². The number of thiazole rings is 1. The molecule has 3 aromatic rings. The molecule has 0 unspecified atom stereocenters. The molecule has 0 radical (unpaired) electrons. The molecule has 0 aliphatic heterocycles. The minimum Gasteiger partial charge on any atom is -0.302 e. The number of benzene rings is 2. The van der Waals surface area contributed by atoms with Crippen LogP contribution in [0.5, 0.6) is 0 Å². The Morgan fingerprint density at radius 3 is 2.45 bits per heavy atom. The molecule has 6 heteroatoms. The summed E-state index contributed by atoms with van der Waals surface area (Å²) < 4.78 is 1.16. The van der Waals surface area contributed by atoms with Crippen LogP contribution in [0.3, 0.4) is 0 Å². The van der Waals surface area contributed by atoms with Crippen LogP contribution in [0, 0.1) is 6.92 Å². The van der Waals surface area contributed by atoms with Crippen LogP contribution in [0.25, 0.3) is 10.2 Å². The van der Waals surface area contributed by atoms with Gasteiger partial charge >= 0.3 is 0 Å². The lowest BCUT2D eigenvalue weighted by atomic mass is 10.1.